The van der Waals surface area contributed by atoms with Crippen LogP contribution in [0.3, 0.4) is 0 Å². The van der Waals surface area contributed by atoms with E-state index in [0.717, 1.165) is 11.0 Å². The average Bonchev–Trinajstić information content (AvgIpc) is 2.46. The van der Waals surface area contributed by atoms with Crippen LogP contribution in [-0.2, 0) is 7.05 Å². The Morgan fingerprint density at radius 2 is 2.36 bits per heavy atom. The minimum atomic E-state index is -1.07. The Morgan fingerprint density at radius 1 is 1.57 bits per heavy atom. The monoisotopic (exact) mass is 191 g/mol. The third-order valence-corrected chi connectivity index (χ3v) is 1.98. The molecule has 14 heavy (non-hydrogen) atoms. The van der Waals surface area contributed by atoms with Crippen molar-refractivity contribution in [1.29, 1.82) is 0 Å². The Balaban J connectivity index is 2.46. The molecule has 2 N–H and O–H groups in total. The van der Waals surface area contributed by atoms with Gasteiger partial charge >= 0.3 is 6.09 Å². The molecular formula is C9H9N3O2. The van der Waals surface area contributed by atoms with Gasteiger partial charge in [-0.1, -0.05) is 0 Å². The summed E-state index contributed by atoms with van der Waals surface area (Å²) in [7, 11) is 1.89. The van der Waals surface area contributed by atoms with E-state index in [4.69, 9.17) is 5.11 Å². The van der Waals surface area contributed by atoms with E-state index in [2.05, 4.69) is 10.3 Å². The minimum Gasteiger partial charge on any atom is -0.465 e. The van der Waals surface area contributed by atoms with Crippen LogP contribution in [0.15, 0.2) is 24.5 Å². The van der Waals surface area contributed by atoms with Gasteiger partial charge < -0.3 is 9.67 Å². The standard InChI is InChI=1S/C9H9N3O2/c1-12-5-10-7-4-6(11-9(13)14)2-3-8(7)12/h2-5,11H,1H3,(H,13,14). The van der Waals surface area contributed by atoms with Gasteiger partial charge in [0.15, 0.2) is 0 Å². The highest BCUT2D eigenvalue weighted by Crippen LogP contribution is 2.16. The number of aryl methyl sites for hydroxylation is 1. The first-order valence-corrected chi connectivity index (χ1v) is 4.08. The number of benzene rings is 1. The lowest BCUT2D eigenvalue weighted by Crippen LogP contribution is -2.06. The summed E-state index contributed by atoms with van der Waals surface area (Å²) in [5.74, 6) is 0. The van der Waals surface area contributed by atoms with Crippen LogP contribution in [-0.4, -0.2) is 20.8 Å². The number of carboxylic acid groups (broad SMARTS) is 1. The topological polar surface area (TPSA) is 67.2 Å². The van der Waals surface area contributed by atoms with Crippen LogP contribution in [0, 0.1) is 0 Å². The zero-order valence-corrected chi connectivity index (χ0v) is 7.56. The van der Waals surface area contributed by atoms with Gasteiger partial charge in [-0.3, -0.25) is 5.32 Å². The molecule has 0 aliphatic rings. The van der Waals surface area contributed by atoms with Crippen LogP contribution in [0.4, 0.5) is 10.5 Å². The van der Waals surface area contributed by atoms with Crippen molar-refractivity contribution < 1.29 is 9.90 Å². The molecular weight excluding hydrogens is 182 g/mol. The Kier molecular flexibility index (Phi) is 1.85. The highest BCUT2D eigenvalue weighted by molar-refractivity contribution is 5.87. The van der Waals surface area contributed by atoms with Crippen LogP contribution in [0.25, 0.3) is 11.0 Å². The van der Waals surface area contributed by atoms with Gasteiger partial charge in [0, 0.05) is 12.7 Å². The van der Waals surface area contributed by atoms with Crippen molar-refractivity contribution >= 4 is 22.8 Å². The molecule has 0 aliphatic carbocycles. The largest absolute Gasteiger partial charge is 0.465 e. The predicted octanol–water partition coefficient (Wildman–Crippen LogP) is 1.66. The molecule has 5 nitrogen and oxygen atoms in total. The number of amides is 1. The zero-order chi connectivity index (χ0) is 10.1. The molecule has 72 valence electrons. The summed E-state index contributed by atoms with van der Waals surface area (Å²) in [6, 6.07) is 5.23. The van der Waals surface area contributed by atoms with Crippen molar-refractivity contribution in [1.82, 2.24) is 9.55 Å². The molecule has 5 heteroatoms. The van der Waals surface area contributed by atoms with Crippen molar-refractivity contribution in [2.75, 3.05) is 5.32 Å². The first-order chi connectivity index (χ1) is 6.66. The van der Waals surface area contributed by atoms with Crippen molar-refractivity contribution in [3.8, 4) is 0 Å². The van der Waals surface area contributed by atoms with Crippen LogP contribution >= 0.6 is 0 Å². The fraction of sp³-hybridized carbons (Fsp3) is 0.111. The minimum absolute atomic E-state index is 0.531. The summed E-state index contributed by atoms with van der Waals surface area (Å²) < 4.78 is 1.87. The number of carbonyl (C=O) groups is 1. The first kappa shape index (κ1) is 8.55. The van der Waals surface area contributed by atoms with E-state index in [9.17, 15) is 4.79 Å². The van der Waals surface area contributed by atoms with Crippen LogP contribution in [0.5, 0.6) is 0 Å². The van der Waals surface area contributed by atoms with Crippen molar-refractivity contribution in [2.24, 2.45) is 7.05 Å². The highest BCUT2D eigenvalue weighted by Gasteiger charge is 2.02. The van der Waals surface area contributed by atoms with Gasteiger partial charge in [0.25, 0.3) is 0 Å². The molecule has 1 heterocycles. The predicted molar refractivity (Wildman–Crippen MR) is 52.4 cm³/mol. The average molecular weight is 191 g/mol. The second kappa shape index (κ2) is 3.02. The number of imidazole rings is 1. The molecule has 0 saturated carbocycles. The number of hydrogen-bond donors (Lipinski definition) is 2. The van der Waals surface area contributed by atoms with Gasteiger partial charge in [0.05, 0.1) is 17.4 Å². The second-order valence-electron chi connectivity index (χ2n) is 2.99. The summed E-state index contributed by atoms with van der Waals surface area (Å²) in [5.41, 5.74) is 2.28. The fourth-order valence-corrected chi connectivity index (χ4v) is 1.34. The van der Waals surface area contributed by atoms with Gasteiger partial charge in [-0.25, -0.2) is 9.78 Å². The van der Waals surface area contributed by atoms with Gasteiger partial charge in [-0.15, -0.1) is 0 Å². The number of nitrogens with one attached hydrogen (secondary N) is 1. The number of anilines is 1. The summed E-state index contributed by atoms with van der Waals surface area (Å²) >= 11 is 0. The summed E-state index contributed by atoms with van der Waals surface area (Å²) in [6.07, 6.45) is 0.621. The van der Waals surface area contributed by atoms with E-state index in [1.807, 2.05) is 17.7 Å². The van der Waals surface area contributed by atoms with Gasteiger partial charge in [-0.05, 0) is 18.2 Å². The number of hydrogen-bond acceptors (Lipinski definition) is 2. The number of rotatable bonds is 1. The zero-order valence-electron chi connectivity index (χ0n) is 7.56. The lowest BCUT2D eigenvalue weighted by molar-refractivity contribution is 0.210. The lowest BCUT2D eigenvalue weighted by atomic mass is 10.3. The molecule has 2 aromatic rings. The van der Waals surface area contributed by atoms with E-state index < -0.39 is 6.09 Å². The maximum atomic E-state index is 10.4. The van der Waals surface area contributed by atoms with E-state index in [1.54, 1.807) is 18.5 Å². The molecule has 0 spiro atoms. The number of nitrogens with zero attached hydrogens (tertiary/aromatic N) is 2. The van der Waals surface area contributed by atoms with Gasteiger partial charge in [0.1, 0.15) is 0 Å². The molecule has 1 aromatic heterocycles. The molecule has 0 unspecified atom stereocenters. The molecule has 1 aromatic carbocycles. The normalized spacial score (nSPS) is 10.4. The lowest BCUT2D eigenvalue weighted by Gasteiger charge is -2.00. The number of aromatic nitrogens is 2. The van der Waals surface area contributed by atoms with Crippen molar-refractivity contribution in [3.05, 3.63) is 24.5 Å². The summed E-state index contributed by atoms with van der Waals surface area (Å²) in [6.45, 7) is 0. The summed E-state index contributed by atoms with van der Waals surface area (Å²) in [4.78, 5) is 14.5. The van der Waals surface area contributed by atoms with E-state index in [1.165, 1.54) is 0 Å². The van der Waals surface area contributed by atoms with Crippen molar-refractivity contribution in [3.63, 3.8) is 0 Å². The van der Waals surface area contributed by atoms with E-state index >= 15 is 0 Å². The Labute approximate surface area is 80.0 Å². The molecule has 0 fully saturated rings. The van der Waals surface area contributed by atoms with Gasteiger partial charge in [0.2, 0.25) is 0 Å². The molecule has 0 atom stereocenters. The van der Waals surface area contributed by atoms with E-state index in [0.29, 0.717) is 5.69 Å². The van der Waals surface area contributed by atoms with Crippen LogP contribution < -0.4 is 5.32 Å². The van der Waals surface area contributed by atoms with Crippen LogP contribution in [0.1, 0.15) is 0 Å². The highest BCUT2D eigenvalue weighted by atomic mass is 16.4. The third kappa shape index (κ3) is 1.39. The molecule has 2 rings (SSSR count). The molecule has 1 amide bonds. The maximum Gasteiger partial charge on any atom is 0.409 e. The Morgan fingerprint density at radius 3 is 3.07 bits per heavy atom. The smallest absolute Gasteiger partial charge is 0.409 e. The maximum absolute atomic E-state index is 10.4. The second-order valence-corrected chi connectivity index (χ2v) is 2.99. The third-order valence-electron chi connectivity index (χ3n) is 1.98. The van der Waals surface area contributed by atoms with E-state index in [-0.39, 0.29) is 0 Å². The Hall–Kier alpha value is -2.04. The number of fused-ring (bicyclic) bond motifs is 1. The van der Waals surface area contributed by atoms with Crippen LogP contribution in [0.2, 0.25) is 0 Å². The Bertz CT molecular complexity index is 490. The SMILES string of the molecule is Cn1cnc2cc(NC(=O)O)ccc21. The fourth-order valence-electron chi connectivity index (χ4n) is 1.34. The molecule has 0 aliphatic heterocycles. The molecule has 0 bridgehead atoms. The van der Waals surface area contributed by atoms with Crippen molar-refractivity contribution in [2.45, 2.75) is 0 Å². The first-order valence-electron chi connectivity index (χ1n) is 4.08. The van der Waals surface area contributed by atoms with Gasteiger partial charge in [-0.2, -0.15) is 0 Å². The summed E-state index contributed by atoms with van der Waals surface area (Å²) in [5, 5.41) is 10.8. The molecule has 0 saturated heterocycles. The molecule has 0 radical (unpaired) electrons. The quantitative estimate of drug-likeness (QED) is 0.720.